The predicted molar refractivity (Wildman–Crippen MR) is 89.8 cm³/mol. The van der Waals surface area contributed by atoms with Crippen LogP contribution in [0.5, 0.6) is 0 Å². The number of amides is 1. The number of carbonyl (C=O) groups is 1. The number of imidazole rings is 1. The maximum Gasteiger partial charge on any atom is 0.230 e. The lowest BCUT2D eigenvalue weighted by atomic mass is 10.3. The van der Waals surface area contributed by atoms with Crippen LogP contribution in [0.2, 0.25) is 0 Å². The Morgan fingerprint density at radius 3 is 2.74 bits per heavy atom. The van der Waals surface area contributed by atoms with Crippen LogP contribution in [-0.2, 0) is 4.79 Å². The highest BCUT2D eigenvalue weighted by Gasteiger charge is 2.13. The second-order valence-corrected chi connectivity index (χ2v) is 6.22. The van der Waals surface area contributed by atoms with Crippen molar-refractivity contribution >= 4 is 28.7 Å². The number of aromatic amines is 1. The number of fused-ring (bicyclic) bond motifs is 1. The van der Waals surface area contributed by atoms with E-state index in [0.717, 1.165) is 21.8 Å². The molecule has 0 bridgehead atoms. The second-order valence-electron chi connectivity index (χ2n) is 5.17. The SMILES string of the molecule is CC(NC(=O)CSc1ccc(F)cc1)c1nc2ccccc2[nH]1. The lowest BCUT2D eigenvalue weighted by Crippen LogP contribution is -2.28. The van der Waals surface area contributed by atoms with Gasteiger partial charge in [-0.05, 0) is 43.3 Å². The third kappa shape index (κ3) is 3.90. The number of hydrogen-bond donors (Lipinski definition) is 2. The van der Waals surface area contributed by atoms with Crippen LogP contribution in [0.25, 0.3) is 11.0 Å². The standard InChI is InChI=1S/C17H16FN3OS/c1-11(17-20-14-4-2-3-5-15(14)21-17)19-16(22)10-23-13-8-6-12(18)7-9-13/h2-9,11H,10H2,1H3,(H,19,22)(H,20,21). The summed E-state index contributed by atoms with van der Waals surface area (Å²) in [5.41, 5.74) is 1.83. The summed E-state index contributed by atoms with van der Waals surface area (Å²) < 4.78 is 12.8. The van der Waals surface area contributed by atoms with Gasteiger partial charge < -0.3 is 10.3 Å². The molecule has 3 rings (SSSR count). The summed E-state index contributed by atoms with van der Waals surface area (Å²) in [5.74, 6) is 0.631. The number of thioether (sulfide) groups is 1. The average Bonchev–Trinajstić information content (AvgIpc) is 2.98. The van der Waals surface area contributed by atoms with Crippen molar-refractivity contribution in [3.8, 4) is 0 Å². The quantitative estimate of drug-likeness (QED) is 0.702. The largest absolute Gasteiger partial charge is 0.346 e. The molecule has 0 radical (unpaired) electrons. The first-order valence-corrected chi connectivity index (χ1v) is 8.23. The lowest BCUT2D eigenvalue weighted by Gasteiger charge is -2.11. The van der Waals surface area contributed by atoms with Crippen molar-refractivity contribution in [2.75, 3.05) is 5.75 Å². The van der Waals surface area contributed by atoms with Crippen LogP contribution in [0.15, 0.2) is 53.4 Å². The Labute approximate surface area is 137 Å². The molecule has 6 heteroatoms. The minimum Gasteiger partial charge on any atom is -0.346 e. The van der Waals surface area contributed by atoms with Crippen molar-refractivity contribution in [1.29, 1.82) is 0 Å². The number of rotatable bonds is 5. The molecule has 0 spiro atoms. The molecule has 1 atom stereocenters. The highest BCUT2D eigenvalue weighted by molar-refractivity contribution is 8.00. The van der Waals surface area contributed by atoms with E-state index in [4.69, 9.17) is 0 Å². The number of H-pyrrole nitrogens is 1. The molecule has 0 saturated heterocycles. The summed E-state index contributed by atoms with van der Waals surface area (Å²) >= 11 is 1.37. The minimum atomic E-state index is -0.280. The van der Waals surface area contributed by atoms with Gasteiger partial charge in [0.1, 0.15) is 11.6 Å². The Bertz CT molecular complexity index is 783. The van der Waals surface area contributed by atoms with Gasteiger partial charge in [-0.1, -0.05) is 12.1 Å². The highest BCUT2D eigenvalue weighted by Crippen LogP contribution is 2.19. The fraction of sp³-hybridized carbons (Fsp3) is 0.176. The minimum absolute atomic E-state index is 0.0905. The Morgan fingerprint density at radius 2 is 2.00 bits per heavy atom. The van der Waals surface area contributed by atoms with Gasteiger partial charge in [-0.2, -0.15) is 0 Å². The molecule has 0 saturated carbocycles. The molecule has 23 heavy (non-hydrogen) atoms. The Kier molecular flexibility index (Phi) is 4.62. The van der Waals surface area contributed by atoms with Gasteiger partial charge >= 0.3 is 0 Å². The van der Waals surface area contributed by atoms with E-state index < -0.39 is 0 Å². The van der Waals surface area contributed by atoms with Gasteiger partial charge in [0, 0.05) is 4.90 Å². The molecule has 3 aromatic rings. The summed E-state index contributed by atoms with van der Waals surface area (Å²) in [6, 6.07) is 13.6. The third-order valence-electron chi connectivity index (χ3n) is 3.38. The first kappa shape index (κ1) is 15.6. The molecule has 1 unspecified atom stereocenters. The molecular weight excluding hydrogens is 313 g/mol. The summed E-state index contributed by atoms with van der Waals surface area (Å²) in [5, 5.41) is 2.91. The smallest absolute Gasteiger partial charge is 0.230 e. The van der Waals surface area contributed by atoms with Crippen LogP contribution in [0, 0.1) is 5.82 Å². The zero-order valence-corrected chi connectivity index (χ0v) is 13.4. The summed E-state index contributed by atoms with van der Waals surface area (Å²) in [7, 11) is 0. The molecule has 1 heterocycles. The number of halogens is 1. The fourth-order valence-corrected chi connectivity index (χ4v) is 2.92. The molecule has 0 fully saturated rings. The summed E-state index contributed by atoms with van der Waals surface area (Å²) in [6.45, 7) is 1.89. The number of para-hydroxylation sites is 2. The van der Waals surface area contributed by atoms with Gasteiger partial charge in [0.05, 0.1) is 22.8 Å². The van der Waals surface area contributed by atoms with E-state index in [-0.39, 0.29) is 23.5 Å². The maximum absolute atomic E-state index is 12.8. The number of nitrogens with zero attached hydrogens (tertiary/aromatic N) is 1. The molecule has 2 aromatic carbocycles. The number of benzene rings is 2. The van der Waals surface area contributed by atoms with Gasteiger partial charge in [0.15, 0.2) is 0 Å². The molecule has 2 N–H and O–H groups in total. The monoisotopic (exact) mass is 329 g/mol. The molecule has 118 valence electrons. The van der Waals surface area contributed by atoms with E-state index in [0.29, 0.717) is 0 Å². The molecule has 1 aromatic heterocycles. The Hall–Kier alpha value is -2.34. The van der Waals surface area contributed by atoms with E-state index in [1.54, 1.807) is 12.1 Å². The molecule has 0 aliphatic heterocycles. The maximum atomic E-state index is 12.8. The van der Waals surface area contributed by atoms with Crippen LogP contribution < -0.4 is 5.32 Å². The van der Waals surface area contributed by atoms with E-state index in [9.17, 15) is 9.18 Å². The van der Waals surface area contributed by atoms with Gasteiger partial charge in [-0.15, -0.1) is 11.8 Å². The number of hydrogen-bond acceptors (Lipinski definition) is 3. The second kappa shape index (κ2) is 6.83. The molecular formula is C17H16FN3OS. The topological polar surface area (TPSA) is 57.8 Å². The van der Waals surface area contributed by atoms with Crippen molar-refractivity contribution in [2.24, 2.45) is 0 Å². The van der Waals surface area contributed by atoms with Crippen molar-refractivity contribution < 1.29 is 9.18 Å². The van der Waals surface area contributed by atoms with E-state index in [1.807, 2.05) is 31.2 Å². The van der Waals surface area contributed by atoms with Gasteiger partial charge in [-0.25, -0.2) is 9.37 Å². The molecule has 1 amide bonds. The van der Waals surface area contributed by atoms with Crippen LogP contribution in [0.1, 0.15) is 18.8 Å². The summed E-state index contributed by atoms with van der Waals surface area (Å²) in [4.78, 5) is 20.6. The zero-order valence-electron chi connectivity index (χ0n) is 12.5. The highest BCUT2D eigenvalue weighted by atomic mass is 32.2. The van der Waals surface area contributed by atoms with E-state index in [2.05, 4.69) is 15.3 Å². The molecule has 0 aliphatic carbocycles. The van der Waals surface area contributed by atoms with Crippen molar-refractivity contribution in [1.82, 2.24) is 15.3 Å². The molecule has 0 aliphatic rings. The van der Waals surface area contributed by atoms with Crippen LogP contribution >= 0.6 is 11.8 Å². The number of carbonyl (C=O) groups excluding carboxylic acids is 1. The van der Waals surface area contributed by atoms with Crippen LogP contribution in [0.3, 0.4) is 0 Å². The number of nitrogens with one attached hydrogen (secondary N) is 2. The van der Waals surface area contributed by atoms with Gasteiger partial charge in [-0.3, -0.25) is 4.79 Å². The van der Waals surface area contributed by atoms with Crippen molar-refractivity contribution in [3.05, 3.63) is 60.2 Å². The number of aromatic nitrogens is 2. The van der Waals surface area contributed by atoms with Crippen LogP contribution in [-0.4, -0.2) is 21.6 Å². The normalized spacial score (nSPS) is 12.3. The lowest BCUT2D eigenvalue weighted by molar-refractivity contribution is -0.119. The average molecular weight is 329 g/mol. The van der Waals surface area contributed by atoms with Crippen molar-refractivity contribution in [2.45, 2.75) is 17.9 Å². The van der Waals surface area contributed by atoms with E-state index >= 15 is 0 Å². The van der Waals surface area contributed by atoms with Crippen LogP contribution in [0.4, 0.5) is 4.39 Å². The third-order valence-corrected chi connectivity index (χ3v) is 4.39. The van der Waals surface area contributed by atoms with Gasteiger partial charge in [0.25, 0.3) is 0 Å². The molecule has 4 nitrogen and oxygen atoms in total. The zero-order chi connectivity index (χ0) is 16.2. The first-order valence-electron chi connectivity index (χ1n) is 7.24. The predicted octanol–water partition coefficient (Wildman–Crippen LogP) is 3.67. The Morgan fingerprint density at radius 1 is 1.26 bits per heavy atom. The van der Waals surface area contributed by atoms with Crippen molar-refractivity contribution in [3.63, 3.8) is 0 Å². The van der Waals surface area contributed by atoms with Gasteiger partial charge in [0.2, 0.25) is 5.91 Å². The van der Waals surface area contributed by atoms with E-state index in [1.165, 1.54) is 23.9 Å². The fourth-order valence-electron chi connectivity index (χ4n) is 2.21. The Balaban J connectivity index is 1.57. The first-order chi connectivity index (χ1) is 11.1. The summed E-state index contributed by atoms with van der Waals surface area (Å²) in [6.07, 6.45) is 0.